The maximum Gasteiger partial charge on any atom is 0.362 e. The van der Waals surface area contributed by atoms with E-state index in [4.69, 9.17) is 18.9 Å². The van der Waals surface area contributed by atoms with Gasteiger partial charge in [0.15, 0.2) is 0 Å². The predicted octanol–water partition coefficient (Wildman–Crippen LogP) is 5.43. The van der Waals surface area contributed by atoms with Gasteiger partial charge in [0.1, 0.15) is 22.9 Å². The van der Waals surface area contributed by atoms with Gasteiger partial charge in [-0.3, -0.25) is 0 Å². The number of carbonyl (C=O) groups excluding carboxylic acids is 4. The van der Waals surface area contributed by atoms with Gasteiger partial charge in [-0.15, -0.1) is 0 Å². The number of benzene rings is 2. The molecule has 0 aliphatic rings. The smallest absolute Gasteiger partial charge is 0.362 e. The first kappa shape index (κ1) is 28.0. The minimum Gasteiger partial charge on any atom is -0.462 e. The molecule has 1 heterocycles. The van der Waals surface area contributed by atoms with Gasteiger partial charge in [0.2, 0.25) is 0 Å². The lowest BCUT2D eigenvalue weighted by Gasteiger charge is -2.08. The van der Waals surface area contributed by atoms with E-state index in [2.05, 4.69) is 4.98 Å². The van der Waals surface area contributed by atoms with Crippen LogP contribution in [0.25, 0.3) is 0 Å². The molecule has 0 radical (unpaired) electrons. The minimum absolute atomic E-state index is 0.104. The number of aromatic nitrogens is 1. The van der Waals surface area contributed by atoms with Crippen LogP contribution in [0.1, 0.15) is 81.2 Å². The Labute approximate surface area is 220 Å². The van der Waals surface area contributed by atoms with Crippen LogP contribution in [0, 0.1) is 0 Å². The van der Waals surface area contributed by atoms with Gasteiger partial charge in [-0.05, 0) is 73.5 Å². The van der Waals surface area contributed by atoms with Crippen molar-refractivity contribution >= 4 is 23.9 Å². The number of rotatable bonds is 12. The van der Waals surface area contributed by atoms with Crippen LogP contribution in [-0.4, -0.2) is 42.1 Å². The third-order valence-electron chi connectivity index (χ3n) is 5.23. The summed E-state index contributed by atoms with van der Waals surface area (Å²) in [5, 5.41) is 0. The van der Waals surface area contributed by atoms with Crippen molar-refractivity contribution in [2.45, 2.75) is 39.5 Å². The molecule has 0 spiro atoms. The molecule has 2 aromatic carbocycles. The zero-order valence-corrected chi connectivity index (χ0v) is 21.3. The Morgan fingerprint density at radius 1 is 0.579 bits per heavy atom. The number of hydrogen-bond donors (Lipinski definition) is 0. The van der Waals surface area contributed by atoms with E-state index in [1.54, 1.807) is 0 Å². The molecule has 3 rings (SSSR count). The number of pyridine rings is 1. The Kier molecular flexibility index (Phi) is 10.5. The number of hydrogen-bond acceptors (Lipinski definition) is 9. The van der Waals surface area contributed by atoms with Crippen LogP contribution >= 0.6 is 0 Å². The second-order valence-electron chi connectivity index (χ2n) is 8.21. The Morgan fingerprint density at radius 3 is 1.34 bits per heavy atom. The van der Waals surface area contributed by atoms with Crippen LogP contribution in [0.5, 0.6) is 11.5 Å². The molecule has 0 saturated heterocycles. The average Bonchev–Trinajstić information content (AvgIpc) is 2.94. The van der Waals surface area contributed by atoms with E-state index in [0.717, 1.165) is 25.7 Å². The highest BCUT2D eigenvalue weighted by Gasteiger charge is 2.17. The first-order chi connectivity index (χ1) is 18.4. The van der Waals surface area contributed by atoms with Crippen LogP contribution in [0.4, 0.5) is 0 Å². The van der Waals surface area contributed by atoms with Crippen LogP contribution in [0.2, 0.25) is 0 Å². The molecule has 0 aliphatic carbocycles. The molecular formula is C29H29NO8. The Hall–Kier alpha value is -4.53. The van der Waals surface area contributed by atoms with Crippen LogP contribution in [-0.2, 0) is 9.47 Å². The van der Waals surface area contributed by atoms with E-state index < -0.39 is 23.9 Å². The molecule has 3 aromatic rings. The second-order valence-corrected chi connectivity index (χ2v) is 8.21. The van der Waals surface area contributed by atoms with Gasteiger partial charge >= 0.3 is 23.9 Å². The second kappa shape index (κ2) is 14.3. The lowest BCUT2D eigenvalue weighted by Crippen LogP contribution is -2.16. The number of esters is 4. The topological polar surface area (TPSA) is 118 Å². The van der Waals surface area contributed by atoms with Gasteiger partial charge in [-0.25, -0.2) is 24.2 Å². The van der Waals surface area contributed by atoms with Crippen LogP contribution in [0.15, 0.2) is 66.7 Å². The standard InChI is InChI=1S/C29H29NO8/c1-3-5-18-35-26(31)20-10-14-22(15-11-20)37-28(33)24-8-7-9-25(30-24)29(34)38-23-16-12-21(13-17-23)27(32)36-19-6-4-2/h7-17H,3-6,18-19H2,1-2H3. The van der Waals surface area contributed by atoms with Crippen molar-refractivity contribution in [2.24, 2.45) is 0 Å². The van der Waals surface area contributed by atoms with E-state index in [1.165, 1.54) is 66.7 Å². The maximum absolute atomic E-state index is 12.6. The summed E-state index contributed by atoms with van der Waals surface area (Å²) in [4.78, 5) is 53.2. The van der Waals surface area contributed by atoms with Crippen molar-refractivity contribution in [3.63, 3.8) is 0 Å². The van der Waals surface area contributed by atoms with Crippen molar-refractivity contribution in [2.75, 3.05) is 13.2 Å². The van der Waals surface area contributed by atoms with E-state index in [-0.39, 0.29) is 22.9 Å². The van der Waals surface area contributed by atoms with Crippen LogP contribution in [0.3, 0.4) is 0 Å². The molecule has 0 amide bonds. The molecule has 0 N–H and O–H groups in total. The van der Waals surface area contributed by atoms with Crippen LogP contribution < -0.4 is 9.47 Å². The van der Waals surface area contributed by atoms with Gasteiger partial charge in [0, 0.05) is 0 Å². The van der Waals surface area contributed by atoms with Crippen molar-refractivity contribution in [3.05, 3.63) is 89.2 Å². The molecule has 0 unspecified atom stereocenters. The Balaban J connectivity index is 1.57. The molecule has 1 aromatic heterocycles. The molecule has 0 fully saturated rings. The summed E-state index contributed by atoms with van der Waals surface area (Å²) < 4.78 is 20.9. The number of carbonyl (C=O) groups is 4. The third-order valence-corrected chi connectivity index (χ3v) is 5.23. The summed E-state index contributed by atoms with van der Waals surface area (Å²) in [6.07, 6.45) is 3.39. The zero-order chi connectivity index (χ0) is 27.3. The summed E-state index contributed by atoms with van der Waals surface area (Å²) in [5.74, 6) is -2.09. The molecule has 0 bridgehead atoms. The first-order valence-corrected chi connectivity index (χ1v) is 12.4. The van der Waals surface area contributed by atoms with E-state index in [0.29, 0.717) is 24.3 Å². The third kappa shape index (κ3) is 8.26. The molecule has 0 aliphatic heterocycles. The zero-order valence-electron chi connectivity index (χ0n) is 21.3. The molecule has 0 atom stereocenters. The molecule has 9 heteroatoms. The van der Waals surface area contributed by atoms with Crippen molar-refractivity contribution in [3.8, 4) is 11.5 Å². The molecular weight excluding hydrogens is 490 g/mol. The fourth-order valence-corrected chi connectivity index (χ4v) is 3.08. The predicted molar refractivity (Wildman–Crippen MR) is 137 cm³/mol. The normalized spacial score (nSPS) is 10.4. The number of unbranched alkanes of at least 4 members (excludes halogenated alkanes) is 2. The lowest BCUT2D eigenvalue weighted by atomic mass is 10.2. The average molecular weight is 520 g/mol. The first-order valence-electron chi connectivity index (χ1n) is 12.4. The van der Waals surface area contributed by atoms with E-state index in [9.17, 15) is 19.2 Å². The van der Waals surface area contributed by atoms with Crippen molar-refractivity contribution in [1.82, 2.24) is 4.98 Å². The largest absolute Gasteiger partial charge is 0.462 e. The molecule has 0 saturated carbocycles. The van der Waals surface area contributed by atoms with Crippen molar-refractivity contribution < 1.29 is 38.1 Å². The summed E-state index contributed by atoms with van der Waals surface area (Å²) in [7, 11) is 0. The van der Waals surface area contributed by atoms with E-state index >= 15 is 0 Å². The number of ether oxygens (including phenoxy) is 4. The lowest BCUT2D eigenvalue weighted by molar-refractivity contribution is 0.0490. The van der Waals surface area contributed by atoms with Gasteiger partial charge in [0.05, 0.1) is 24.3 Å². The van der Waals surface area contributed by atoms with Gasteiger partial charge in [0.25, 0.3) is 0 Å². The van der Waals surface area contributed by atoms with Gasteiger partial charge in [-0.1, -0.05) is 32.8 Å². The molecule has 38 heavy (non-hydrogen) atoms. The summed E-state index contributed by atoms with van der Waals surface area (Å²) >= 11 is 0. The van der Waals surface area contributed by atoms with Gasteiger partial charge in [-0.2, -0.15) is 0 Å². The SMILES string of the molecule is CCCCOC(=O)c1ccc(OC(=O)c2cccc(C(=O)Oc3ccc(C(=O)OCCCC)cc3)n2)cc1. The minimum atomic E-state index is -0.788. The Bertz CT molecular complexity index is 1160. The van der Waals surface area contributed by atoms with Crippen molar-refractivity contribution in [1.29, 1.82) is 0 Å². The highest BCUT2D eigenvalue weighted by atomic mass is 16.5. The highest BCUT2D eigenvalue weighted by molar-refractivity contribution is 5.94. The Morgan fingerprint density at radius 2 is 0.974 bits per heavy atom. The monoisotopic (exact) mass is 519 g/mol. The maximum atomic E-state index is 12.6. The molecule has 198 valence electrons. The highest BCUT2D eigenvalue weighted by Crippen LogP contribution is 2.17. The quantitative estimate of drug-likeness (QED) is 0.175. The van der Waals surface area contributed by atoms with Gasteiger partial charge < -0.3 is 18.9 Å². The fraction of sp³-hybridized carbons (Fsp3) is 0.276. The number of nitrogens with zero attached hydrogens (tertiary/aromatic N) is 1. The fourth-order valence-electron chi connectivity index (χ4n) is 3.08. The summed E-state index contributed by atoms with van der Waals surface area (Å²) in [6, 6.07) is 16.1. The van der Waals surface area contributed by atoms with E-state index in [1.807, 2.05) is 13.8 Å². The molecule has 9 nitrogen and oxygen atoms in total. The summed E-state index contributed by atoms with van der Waals surface area (Å²) in [6.45, 7) is 4.68. The summed E-state index contributed by atoms with van der Waals surface area (Å²) in [5.41, 5.74) is 0.468.